The molecule has 1 saturated heterocycles. The molecule has 0 radical (unpaired) electrons. The van der Waals surface area contributed by atoms with Crippen molar-refractivity contribution in [1.29, 1.82) is 0 Å². The fourth-order valence-electron chi connectivity index (χ4n) is 11.6. The van der Waals surface area contributed by atoms with Gasteiger partial charge in [-0.25, -0.2) is 0 Å². The summed E-state index contributed by atoms with van der Waals surface area (Å²) in [6, 6.07) is 32.0. The Hall–Kier alpha value is -2.38. The van der Waals surface area contributed by atoms with Gasteiger partial charge in [0.15, 0.2) is 0 Å². The van der Waals surface area contributed by atoms with E-state index in [1.807, 2.05) is 0 Å². The van der Waals surface area contributed by atoms with Gasteiger partial charge in [0.25, 0.3) is 0 Å². The van der Waals surface area contributed by atoms with Gasteiger partial charge in [0, 0.05) is 10.8 Å². The van der Waals surface area contributed by atoms with Crippen LogP contribution in [0.1, 0.15) is 28.7 Å². The van der Waals surface area contributed by atoms with Crippen LogP contribution in [0.4, 0.5) is 0 Å². The highest BCUT2D eigenvalue weighted by Crippen LogP contribution is 3.14. The average Bonchev–Trinajstić information content (AvgIpc) is 3.37. The molecule has 0 aromatic heterocycles. The molecule has 6 saturated carbocycles. The second-order valence-corrected chi connectivity index (χ2v) is 11.1. The van der Waals surface area contributed by atoms with Gasteiger partial charge in [-0.1, -0.05) is 84.9 Å². The number of benzene rings is 3. The summed E-state index contributed by atoms with van der Waals surface area (Å²) in [5.41, 5.74) is 5.94. The molecule has 8 aliphatic rings. The molecule has 2 aliphatic heterocycles. The smallest absolute Gasteiger partial charge is 0.127 e. The molecule has 6 aliphatic carbocycles. The molecule has 4 bridgehead atoms. The van der Waals surface area contributed by atoms with E-state index < -0.39 is 0 Å². The first-order chi connectivity index (χ1) is 14.9. The van der Waals surface area contributed by atoms with Crippen molar-refractivity contribution in [3.8, 4) is 0 Å². The van der Waals surface area contributed by atoms with E-state index in [1.165, 1.54) is 28.7 Å². The molecule has 3 aromatic rings. The molecular formula is C29H22O. The molecule has 2 spiro atoms. The Labute approximate surface area is 176 Å². The zero-order chi connectivity index (χ0) is 19.1. The number of hydrogen-bond donors (Lipinski definition) is 0. The zero-order valence-electron chi connectivity index (χ0n) is 16.7. The van der Waals surface area contributed by atoms with Gasteiger partial charge in [0.2, 0.25) is 0 Å². The minimum Gasteiger partial charge on any atom is -0.348 e. The maximum atomic E-state index is 7.72. The molecule has 0 amide bonds. The lowest BCUT2D eigenvalue weighted by Gasteiger charge is -2.42. The molecule has 0 N–H and O–H groups in total. The minimum absolute atomic E-state index is 0.257. The molecule has 11 rings (SSSR count). The second kappa shape index (κ2) is 3.82. The number of ether oxygens (including phenoxy) is 1. The van der Waals surface area contributed by atoms with Crippen molar-refractivity contribution in [3.05, 3.63) is 107 Å². The summed E-state index contributed by atoms with van der Waals surface area (Å²) in [6.07, 6.45) is 1.51. The van der Waals surface area contributed by atoms with Crippen molar-refractivity contribution in [2.45, 2.75) is 17.6 Å². The van der Waals surface area contributed by atoms with Crippen molar-refractivity contribution in [2.75, 3.05) is 0 Å². The van der Waals surface area contributed by atoms with Crippen LogP contribution in [0, 0.1) is 46.3 Å². The van der Waals surface area contributed by atoms with E-state index in [2.05, 4.69) is 84.9 Å². The Balaban J connectivity index is 1.42. The normalized spacial score (nSPS) is 54.9. The summed E-state index contributed by atoms with van der Waals surface area (Å²) in [4.78, 5) is 0. The fourth-order valence-corrected chi connectivity index (χ4v) is 11.6. The van der Waals surface area contributed by atoms with E-state index in [-0.39, 0.29) is 11.2 Å². The number of fused-ring (bicyclic) bond motifs is 5. The Kier molecular flexibility index (Phi) is 1.86. The lowest BCUT2D eigenvalue weighted by Crippen LogP contribution is -2.44. The van der Waals surface area contributed by atoms with Crippen molar-refractivity contribution < 1.29 is 4.74 Å². The summed E-state index contributed by atoms with van der Waals surface area (Å²) in [6.45, 7) is 0. The lowest BCUT2D eigenvalue weighted by molar-refractivity contribution is -0.0751. The maximum absolute atomic E-state index is 7.72. The van der Waals surface area contributed by atoms with Crippen LogP contribution in [0.5, 0.6) is 0 Å². The molecule has 2 heterocycles. The first-order valence-corrected chi connectivity index (χ1v) is 11.8. The molecule has 6 unspecified atom stereocenters. The van der Waals surface area contributed by atoms with Crippen molar-refractivity contribution in [2.24, 2.45) is 46.3 Å². The standard InChI is InChI=1S/C29H22O/c1-3-9-16(10-4-1)28-20-13-7-8-14-21(20)29(30-28,17-11-5-2-6-12-17)27-24-18-15-19(25(24)27)23-22(18)26(23,27)28/h1-14,18-19,22-25H,15H2. The second-order valence-electron chi connectivity index (χ2n) is 11.1. The molecule has 7 fully saturated rings. The first-order valence-electron chi connectivity index (χ1n) is 11.8. The van der Waals surface area contributed by atoms with Gasteiger partial charge < -0.3 is 4.74 Å². The van der Waals surface area contributed by atoms with E-state index in [4.69, 9.17) is 4.74 Å². The van der Waals surface area contributed by atoms with Crippen LogP contribution >= 0.6 is 0 Å². The Bertz CT molecular complexity index is 1190. The van der Waals surface area contributed by atoms with Crippen LogP contribution in [-0.4, -0.2) is 0 Å². The predicted molar refractivity (Wildman–Crippen MR) is 112 cm³/mol. The fraction of sp³-hybridized carbons (Fsp3) is 0.379. The van der Waals surface area contributed by atoms with Crippen molar-refractivity contribution in [1.82, 2.24) is 0 Å². The van der Waals surface area contributed by atoms with Gasteiger partial charge >= 0.3 is 0 Å². The summed E-state index contributed by atoms with van der Waals surface area (Å²) in [5, 5.41) is 0. The maximum Gasteiger partial charge on any atom is 0.127 e. The predicted octanol–water partition coefficient (Wildman–Crippen LogP) is 5.35. The van der Waals surface area contributed by atoms with E-state index in [0.29, 0.717) is 10.8 Å². The molecule has 30 heavy (non-hydrogen) atoms. The highest BCUT2D eigenvalue weighted by Gasteiger charge is 3.14. The summed E-state index contributed by atoms with van der Waals surface area (Å²) >= 11 is 0. The number of rotatable bonds is 2. The van der Waals surface area contributed by atoms with Gasteiger partial charge in [-0.2, -0.15) is 0 Å². The third kappa shape index (κ3) is 0.924. The van der Waals surface area contributed by atoms with Gasteiger partial charge in [-0.05, 0) is 64.2 Å². The monoisotopic (exact) mass is 386 g/mol. The molecule has 1 nitrogen and oxygen atoms in total. The number of hydrogen-bond acceptors (Lipinski definition) is 1. The van der Waals surface area contributed by atoms with Crippen molar-refractivity contribution >= 4 is 0 Å². The molecular weight excluding hydrogens is 364 g/mol. The summed E-state index contributed by atoms with van der Waals surface area (Å²) < 4.78 is 7.72. The highest BCUT2D eigenvalue weighted by atomic mass is 16.5. The Morgan fingerprint density at radius 1 is 0.533 bits per heavy atom. The Morgan fingerprint density at radius 3 is 1.37 bits per heavy atom. The zero-order valence-corrected chi connectivity index (χ0v) is 16.7. The lowest BCUT2D eigenvalue weighted by atomic mass is 9.56. The van der Waals surface area contributed by atoms with Crippen LogP contribution in [0.15, 0.2) is 84.9 Å². The summed E-state index contributed by atoms with van der Waals surface area (Å²) in [7, 11) is 0. The van der Waals surface area contributed by atoms with Crippen LogP contribution in [0.25, 0.3) is 0 Å². The average molecular weight is 386 g/mol. The van der Waals surface area contributed by atoms with E-state index in [9.17, 15) is 0 Å². The van der Waals surface area contributed by atoms with E-state index >= 15 is 0 Å². The SMILES string of the molecule is c1ccc(C23OC(c4ccccc4)(c4ccccc42)C24C5C6CC(C7C6C732)C54)cc1. The van der Waals surface area contributed by atoms with Gasteiger partial charge in [0.1, 0.15) is 11.2 Å². The van der Waals surface area contributed by atoms with Crippen molar-refractivity contribution in [3.63, 3.8) is 0 Å². The first kappa shape index (κ1) is 14.6. The molecule has 6 atom stereocenters. The largest absolute Gasteiger partial charge is 0.348 e. The third-order valence-corrected chi connectivity index (χ3v) is 11.3. The quantitative estimate of drug-likeness (QED) is 0.577. The van der Waals surface area contributed by atoms with Crippen LogP contribution in [0.3, 0.4) is 0 Å². The molecule has 1 heteroatoms. The molecule has 3 aromatic carbocycles. The van der Waals surface area contributed by atoms with Gasteiger partial charge in [0.05, 0.1) is 0 Å². The van der Waals surface area contributed by atoms with Gasteiger partial charge in [-0.3, -0.25) is 0 Å². The Morgan fingerprint density at radius 2 is 0.933 bits per heavy atom. The third-order valence-electron chi connectivity index (χ3n) is 11.3. The van der Waals surface area contributed by atoms with Gasteiger partial charge in [-0.15, -0.1) is 0 Å². The van der Waals surface area contributed by atoms with E-state index in [0.717, 1.165) is 35.5 Å². The van der Waals surface area contributed by atoms with Crippen LogP contribution in [-0.2, 0) is 15.9 Å². The van der Waals surface area contributed by atoms with Crippen LogP contribution in [0.2, 0.25) is 0 Å². The van der Waals surface area contributed by atoms with Crippen LogP contribution < -0.4 is 0 Å². The minimum atomic E-state index is -0.257. The van der Waals surface area contributed by atoms with E-state index in [1.54, 1.807) is 0 Å². The molecule has 144 valence electrons. The highest BCUT2D eigenvalue weighted by molar-refractivity contribution is 5.72. The summed E-state index contributed by atoms with van der Waals surface area (Å²) in [5.74, 6) is 5.53. The topological polar surface area (TPSA) is 9.23 Å².